The standard InChI is InChI=1S/C25H27N5O2/c1-17(15-26)20-4-6-21(7-5-20)22-8-3-19(16-27)13-23(22)32-25-14-24(28-18(2)29-25)30-9-11-31-12-10-30/h3-8,13-14,17H,9-12,15,26H2,1-2H3. The van der Waals surface area contributed by atoms with Gasteiger partial charge in [-0.3, -0.25) is 0 Å². The first-order chi connectivity index (χ1) is 15.6. The van der Waals surface area contributed by atoms with Gasteiger partial charge in [-0.1, -0.05) is 31.2 Å². The first-order valence-electron chi connectivity index (χ1n) is 10.8. The molecule has 0 spiro atoms. The summed E-state index contributed by atoms with van der Waals surface area (Å²) < 4.78 is 11.7. The number of hydrogen-bond acceptors (Lipinski definition) is 7. The molecule has 1 fully saturated rings. The highest BCUT2D eigenvalue weighted by atomic mass is 16.5. The lowest BCUT2D eigenvalue weighted by atomic mass is 9.97. The lowest BCUT2D eigenvalue weighted by Gasteiger charge is -2.28. The van der Waals surface area contributed by atoms with Gasteiger partial charge in [0.25, 0.3) is 0 Å². The van der Waals surface area contributed by atoms with Gasteiger partial charge in [-0.25, -0.2) is 4.98 Å². The maximum Gasteiger partial charge on any atom is 0.224 e. The quantitative estimate of drug-likeness (QED) is 0.632. The Morgan fingerprint density at radius 1 is 1.12 bits per heavy atom. The fraction of sp³-hybridized carbons (Fsp3) is 0.320. The van der Waals surface area contributed by atoms with Crippen molar-refractivity contribution in [1.82, 2.24) is 9.97 Å². The van der Waals surface area contributed by atoms with E-state index in [1.54, 1.807) is 12.1 Å². The van der Waals surface area contributed by atoms with Crippen LogP contribution in [0.4, 0.5) is 5.82 Å². The Hall–Kier alpha value is -3.47. The third-order valence-electron chi connectivity index (χ3n) is 5.61. The van der Waals surface area contributed by atoms with E-state index < -0.39 is 0 Å². The maximum atomic E-state index is 9.41. The van der Waals surface area contributed by atoms with Gasteiger partial charge in [0.05, 0.1) is 24.8 Å². The van der Waals surface area contributed by atoms with Crippen molar-refractivity contribution in [2.24, 2.45) is 5.73 Å². The molecule has 0 amide bonds. The molecule has 1 aliphatic heterocycles. The molecule has 2 N–H and O–H groups in total. The van der Waals surface area contributed by atoms with Crippen LogP contribution in [-0.2, 0) is 4.74 Å². The van der Waals surface area contributed by atoms with Gasteiger partial charge in [0.15, 0.2) is 0 Å². The van der Waals surface area contributed by atoms with E-state index in [0.29, 0.717) is 48.7 Å². The molecule has 0 aliphatic carbocycles. The summed E-state index contributed by atoms with van der Waals surface area (Å²) in [7, 11) is 0. The number of aromatic nitrogens is 2. The minimum absolute atomic E-state index is 0.295. The van der Waals surface area contributed by atoms with E-state index in [0.717, 1.165) is 30.0 Å². The SMILES string of the molecule is Cc1nc(Oc2cc(C#N)ccc2-c2ccc(C(C)CN)cc2)cc(N2CCOCC2)n1. The van der Waals surface area contributed by atoms with Crippen LogP contribution < -0.4 is 15.4 Å². The van der Waals surface area contributed by atoms with E-state index in [4.69, 9.17) is 15.2 Å². The van der Waals surface area contributed by atoms with Crippen LogP contribution in [0.15, 0.2) is 48.5 Å². The molecule has 164 valence electrons. The zero-order valence-corrected chi connectivity index (χ0v) is 18.4. The van der Waals surface area contributed by atoms with E-state index in [-0.39, 0.29) is 0 Å². The predicted molar refractivity (Wildman–Crippen MR) is 124 cm³/mol. The van der Waals surface area contributed by atoms with E-state index in [2.05, 4.69) is 52.1 Å². The van der Waals surface area contributed by atoms with E-state index in [9.17, 15) is 5.26 Å². The molecule has 2 aromatic carbocycles. The number of morpholine rings is 1. The molecule has 0 saturated carbocycles. The van der Waals surface area contributed by atoms with Crippen molar-refractivity contribution >= 4 is 5.82 Å². The van der Waals surface area contributed by atoms with Crippen molar-refractivity contribution in [1.29, 1.82) is 5.26 Å². The average Bonchev–Trinajstić information content (AvgIpc) is 2.84. The molecule has 7 heteroatoms. The number of hydrogen-bond donors (Lipinski definition) is 1. The van der Waals surface area contributed by atoms with Gasteiger partial charge in [-0.05, 0) is 48.7 Å². The number of ether oxygens (including phenoxy) is 2. The van der Waals surface area contributed by atoms with E-state index in [1.807, 2.05) is 19.1 Å². The van der Waals surface area contributed by atoms with Gasteiger partial charge in [0.2, 0.25) is 5.88 Å². The molecular formula is C25H27N5O2. The monoisotopic (exact) mass is 429 g/mol. The van der Waals surface area contributed by atoms with Gasteiger partial charge in [-0.15, -0.1) is 0 Å². The molecule has 1 saturated heterocycles. The number of benzene rings is 2. The van der Waals surface area contributed by atoms with Crippen LogP contribution in [0.2, 0.25) is 0 Å². The van der Waals surface area contributed by atoms with Gasteiger partial charge < -0.3 is 20.1 Å². The molecule has 3 aromatic rings. The number of aryl methyl sites for hydroxylation is 1. The molecule has 0 radical (unpaired) electrons. The molecular weight excluding hydrogens is 402 g/mol. The fourth-order valence-corrected chi connectivity index (χ4v) is 3.69. The summed E-state index contributed by atoms with van der Waals surface area (Å²) in [6, 6.07) is 17.8. The molecule has 1 aromatic heterocycles. The lowest BCUT2D eigenvalue weighted by Crippen LogP contribution is -2.36. The van der Waals surface area contributed by atoms with Crippen molar-refractivity contribution in [2.45, 2.75) is 19.8 Å². The molecule has 0 bridgehead atoms. The van der Waals surface area contributed by atoms with E-state index >= 15 is 0 Å². The van der Waals surface area contributed by atoms with Crippen molar-refractivity contribution < 1.29 is 9.47 Å². The minimum Gasteiger partial charge on any atom is -0.438 e. The molecule has 1 atom stereocenters. The van der Waals surface area contributed by atoms with Crippen molar-refractivity contribution in [3.8, 4) is 28.8 Å². The Bertz CT molecular complexity index is 1120. The number of anilines is 1. The Morgan fingerprint density at radius 2 is 1.88 bits per heavy atom. The first-order valence-corrected chi connectivity index (χ1v) is 10.8. The third kappa shape index (κ3) is 4.88. The molecule has 1 unspecified atom stereocenters. The van der Waals surface area contributed by atoms with Crippen molar-refractivity contribution in [3.63, 3.8) is 0 Å². The van der Waals surface area contributed by atoms with Gasteiger partial charge in [-0.2, -0.15) is 10.2 Å². The Kier molecular flexibility index (Phi) is 6.64. The topological polar surface area (TPSA) is 97.3 Å². The zero-order valence-electron chi connectivity index (χ0n) is 18.4. The van der Waals surface area contributed by atoms with Crippen LogP contribution in [-0.4, -0.2) is 42.8 Å². The Morgan fingerprint density at radius 3 is 2.56 bits per heavy atom. The smallest absolute Gasteiger partial charge is 0.224 e. The van der Waals surface area contributed by atoms with Crippen LogP contribution in [0.3, 0.4) is 0 Å². The second kappa shape index (κ2) is 9.77. The molecule has 1 aliphatic rings. The normalized spacial score (nSPS) is 14.6. The van der Waals surface area contributed by atoms with E-state index in [1.165, 1.54) is 5.56 Å². The number of rotatable bonds is 6. The van der Waals surface area contributed by atoms with Gasteiger partial charge in [0.1, 0.15) is 17.4 Å². The second-order valence-corrected chi connectivity index (χ2v) is 7.89. The Labute approximate surface area is 188 Å². The van der Waals surface area contributed by atoms with Crippen LogP contribution in [0.25, 0.3) is 11.1 Å². The summed E-state index contributed by atoms with van der Waals surface area (Å²) in [6.07, 6.45) is 0. The minimum atomic E-state index is 0.295. The number of nitrogens with two attached hydrogens (primary N) is 1. The summed E-state index contributed by atoms with van der Waals surface area (Å²) in [6.45, 7) is 7.45. The van der Waals surface area contributed by atoms with Crippen LogP contribution in [0, 0.1) is 18.3 Å². The highest BCUT2D eigenvalue weighted by molar-refractivity contribution is 5.72. The van der Waals surface area contributed by atoms with Gasteiger partial charge in [0, 0.05) is 24.7 Å². The number of nitrogens with zero attached hydrogens (tertiary/aromatic N) is 4. The van der Waals surface area contributed by atoms with Crippen molar-refractivity contribution in [3.05, 3.63) is 65.5 Å². The summed E-state index contributed by atoms with van der Waals surface area (Å²) in [5.41, 5.74) is 9.40. The summed E-state index contributed by atoms with van der Waals surface area (Å²) in [5.74, 6) is 2.76. The fourth-order valence-electron chi connectivity index (χ4n) is 3.69. The first kappa shape index (κ1) is 21.8. The van der Waals surface area contributed by atoms with Crippen molar-refractivity contribution in [2.75, 3.05) is 37.7 Å². The predicted octanol–water partition coefficient (Wildman–Crippen LogP) is 4.01. The summed E-state index contributed by atoms with van der Waals surface area (Å²) in [4.78, 5) is 11.2. The average molecular weight is 430 g/mol. The Balaban J connectivity index is 1.68. The van der Waals surface area contributed by atoms with Gasteiger partial charge >= 0.3 is 0 Å². The molecule has 32 heavy (non-hydrogen) atoms. The zero-order chi connectivity index (χ0) is 22.5. The lowest BCUT2D eigenvalue weighted by molar-refractivity contribution is 0.122. The van der Waals surface area contributed by atoms with Crippen LogP contribution in [0.1, 0.15) is 29.8 Å². The second-order valence-electron chi connectivity index (χ2n) is 7.89. The highest BCUT2D eigenvalue weighted by Crippen LogP contribution is 2.35. The molecule has 4 rings (SSSR count). The number of nitriles is 1. The van der Waals surface area contributed by atoms with Crippen LogP contribution in [0.5, 0.6) is 11.6 Å². The summed E-state index contributed by atoms with van der Waals surface area (Å²) in [5, 5.41) is 9.41. The third-order valence-corrected chi connectivity index (χ3v) is 5.61. The largest absolute Gasteiger partial charge is 0.438 e. The molecule has 2 heterocycles. The van der Waals surface area contributed by atoms with Crippen LogP contribution >= 0.6 is 0 Å². The molecule has 7 nitrogen and oxygen atoms in total. The summed E-state index contributed by atoms with van der Waals surface area (Å²) >= 11 is 0. The highest BCUT2D eigenvalue weighted by Gasteiger charge is 2.16. The maximum absolute atomic E-state index is 9.41.